The van der Waals surface area contributed by atoms with E-state index in [4.69, 9.17) is 9.15 Å². The SMILES string of the molecule is Cc1oc2ncnc(N(C)C3(C)CC3)c2c1C(=O)Nc1ccc(C2CCOCC2)nc1. The number of carbonyl (C=O) groups excluding carboxylic acids is 1. The van der Waals surface area contributed by atoms with Crippen LogP contribution in [0, 0.1) is 6.92 Å². The van der Waals surface area contributed by atoms with Gasteiger partial charge in [-0.3, -0.25) is 9.78 Å². The predicted molar refractivity (Wildman–Crippen MR) is 118 cm³/mol. The van der Waals surface area contributed by atoms with Crippen molar-refractivity contribution < 1.29 is 13.9 Å². The topological polar surface area (TPSA) is 93.4 Å². The molecule has 1 saturated carbocycles. The molecule has 1 N–H and O–H groups in total. The third-order valence-electron chi connectivity index (χ3n) is 6.66. The molecular weight excluding hydrogens is 394 g/mol. The molecule has 0 aromatic carbocycles. The van der Waals surface area contributed by atoms with E-state index in [1.54, 1.807) is 13.1 Å². The van der Waals surface area contributed by atoms with E-state index in [0.29, 0.717) is 34.0 Å². The predicted octanol–water partition coefficient (Wildman–Crippen LogP) is 4.06. The monoisotopic (exact) mass is 421 g/mol. The zero-order valence-corrected chi connectivity index (χ0v) is 18.1. The lowest BCUT2D eigenvalue weighted by Gasteiger charge is -2.26. The molecule has 0 radical (unpaired) electrons. The summed E-state index contributed by atoms with van der Waals surface area (Å²) in [6, 6.07) is 3.89. The van der Waals surface area contributed by atoms with Crippen LogP contribution >= 0.6 is 0 Å². The number of ether oxygens (including phenoxy) is 1. The van der Waals surface area contributed by atoms with E-state index < -0.39 is 0 Å². The highest BCUT2D eigenvalue weighted by Gasteiger charge is 2.43. The second kappa shape index (κ2) is 7.60. The van der Waals surface area contributed by atoms with Crippen LogP contribution in [0.5, 0.6) is 0 Å². The molecular formula is C23H27N5O3. The normalized spacial score (nSPS) is 18.2. The lowest BCUT2D eigenvalue weighted by atomic mass is 9.96. The molecule has 1 saturated heterocycles. The number of fused-ring (bicyclic) bond motifs is 1. The van der Waals surface area contributed by atoms with Gasteiger partial charge in [-0.05, 0) is 51.7 Å². The first-order chi connectivity index (χ1) is 15.0. The van der Waals surface area contributed by atoms with Gasteiger partial charge in [0.05, 0.1) is 22.8 Å². The van der Waals surface area contributed by atoms with Gasteiger partial charge in [0.1, 0.15) is 17.9 Å². The largest absolute Gasteiger partial charge is 0.442 e. The Morgan fingerprint density at radius 2 is 1.97 bits per heavy atom. The standard InChI is InChI=1S/C23H27N5O3/c1-14-18(19-20(25-13-26-22(19)31-14)28(3)23(2)8-9-23)21(29)27-16-4-5-17(24-12-16)15-6-10-30-11-7-15/h4-5,12-13,15H,6-11H2,1-3H3,(H,27,29). The fraction of sp³-hybridized carbons (Fsp3) is 0.478. The number of pyridine rings is 1. The smallest absolute Gasteiger partial charge is 0.260 e. The summed E-state index contributed by atoms with van der Waals surface area (Å²) >= 11 is 0. The molecule has 0 atom stereocenters. The number of furan rings is 1. The van der Waals surface area contributed by atoms with Crippen LogP contribution in [-0.4, -0.2) is 46.7 Å². The van der Waals surface area contributed by atoms with Gasteiger partial charge in [-0.2, -0.15) is 0 Å². The Kier molecular flexibility index (Phi) is 4.89. The van der Waals surface area contributed by atoms with E-state index in [1.807, 2.05) is 19.2 Å². The molecule has 0 bridgehead atoms. The van der Waals surface area contributed by atoms with Crippen molar-refractivity contribution in [3.05, 3.63) is 41.7 Å². The fourth-order valence-corrected chi connectivity index (χ4v) is 4.24. The summed E-state index contributed by atoms with van der Waals surface area (Å²) in [5, 5.41) is 3.62. The van der Waals surface area contributed by atoms with Gasteiger partial charge < -0.3 is 19.4 Å². The molecule has 3 aromatic rings. The minimum Gasteiger partial charge on any atom is -0.442 e. The summed E-state index contributed by atoms with van der Waals surface area (Å²) in [6.45, 7) is 5.52. The Morgan fingerprint density at radius 3 is 2.65 bits per heavy atom. The molecule has 162 valence electrons. The highest BCUT2D eigenvalue weighted by Crippen LogP contribution is 2.44. The number of nitrogens with zero attached hydrogens (tertiary/aromatic N) is 4. The third kappa shape index (κ3) is 3.65. The zero-order valence-electron chi connectivity index (χ0n) is 18.1. The van der Waals surface area contributed by atoms with Crippen LogP contribution in [0.3, 0.4) is 0 Å². The molecule has 31 heavy (non-hydrogen) atoms. The third-order valence-corrected chi connectivity index (χ3v) is 6.66. The van der Waals surface area contributed by atoms with Crippen molar-refractivity contribution in [2.24, 2.45) is 0 Å². The summed E-state index contributed by atoms with van der Waals surface area (Å²) in [5.41, 5.74) is 2.65. The van der Waals surface area contributed by atoms with Crippen LogP contribution in [-0.2, 0) is 4.74 Å². The van der Waals surface area contributed by atoms with Gasteiger partial charge in [-0.1, -0.05) is 0 Å². The van der Waals surface area contributed by atoms with E-state index in [2.05, 4.69) is 32.1 Å². The number of aryl methyl sites for hydroxylation is 1. The first-order valence-corrected chi connectivity index (χ1v) is 10.8. The van der Waals surface area contributed by atoms with Crippen LogP contribution in [0.25, 0.3) is 11.1 Å². The van der Waals surface area contributed by atoms with Crippen LogP contribution in [0.1, 0.15) is 60.3 Å². The number of amides is 1. The first kappa shape index (κ1) is 19.9. The lowest BCUT2D eigenvalue weighted by Crippen LogP contribution is -2.31. The van der Waals surface area contributed by atoms with E-state index in [1.165, 1.54) is 6.33 Å². The lowest BCUT2D eigenvalue weighted by molar-refractivity contribution is 0.0845. The van der Waals surface area contributed by atoms with Gasteiger partial charge in [-0.15, -0.1) is 0 Å². The minimum absolute atomic E-state index is 0.0596. The second-order valence-electron chi connectivity index (χ2n) is 8.78. The van der Waals surface area contributed by atoms with Crippen molar-refractivity contribution in [1.29, 1.82) is 0 Å². The molecule has 3 aromatic heterocycles. The first-order valence-electron chi connectivity index (χ1n) is 10.8. The molecule has 0 unspecified atom stereocenters. The maximum atomic E-state index is 13.2. The van der Waals surface area contributed by atoms with Crippen molar-refractivity contribution >= 4 is 28.5 Å². The van der Waals surface area contributed by atoms with E-state index >= 15 is 0 Å². The molecule has 1 aliphatic carbocycles. The Hall–Kier alpha value is -3.00. The van der Waals surface area contributed by atoms with E-state index in [9.17, 15) is 4.79 Å². The molecule has 8 heteroatoms. The van der Waals surface area contributed by atoms with Crippen LogP contribution in [0.4, 0.5) is 11.5 Å². The Morgan fingerprint density at radius 1 is 1.19 bits per heavy atom. The Balaban J connectivity index is 1.42. The number of nitrogens with one attached hydrogen (secondary N) is 1. The molecule has 1 amide bonds. The summed E-state index contributed by atoms with van der Waals surface area (Å²) in [7, 11) is 2.01. The molecule has 2 aliphatic rings. The number of carbonyl (C=O) groups is 1. The van der Waals surface area contributed by atoms with Crippen LogP contribution in [0.15, 0.2) is 29.1 Å². The maximum Gasteiger partial charge on any atom is 0.260 e. The van der Waals surface area contributed by atoms with Crippen molar-refractivity contribution in [2.75, 3.05) is 30.5 Å². The van der Waals surface area contributed by atoms with Gasteiger partial charge >= 0.3 is 0 Å². The number of rotatable bonds is 5. The summed E-state index contributed by atoms with van der Waals surface area (Å²) in [6.07, 6.45) is 7.36. The Bertz CT molecular complexity index is 1110. The average molecular weight is 422 g/mol. The van der Waals surface area contributed by atoms with Gasteiger partial charge in [0.15, 0.2) is 0 Å². The number of aromatic nitrogens is 3. The minimum atomic E-state index is -0.248. The molecule has 1 aliphatic heterocycles. The van der Waals surface area contributed by atoms with E-state index in [-0.39, 0.29) is 11.4 Å². The van der Waals surface area contributed by atoms with Crippen LogP contribution in [0.2, 0.25) is 0 Å². The average Bonchev–Trinajstić information content (AvgIpc) is 3.44. The summed E-state index contributed by atoms with van der Waals surface area (Å²) < 4.78 is 11.2. The zero-order chi connectivity index (χ0) is 21.6. The van der Waals surface area contributed by atoms with E-state index in [0.717, 1.165) is 50.4 Å². The summed E-state index contributed by atoms with van der Waals surface area (Å²) in [5.74, 6) is 1.41. The van der Waals surface area contributed by atoms with Crippen molar-refractivity contribution in [3.8, 4) is 0 Å². The van der Waals surface area contributed by atoms with Crippen molar-refractivity contribution in [3.63, 3.8) is 0 Å². The van der Waals surface area contributed by atoms with Gasteiger partial charge in [0.2, 0.25) is 5.71 Å². The van der Waals surface area contributed by atoms with Crippen LogP contribution < -0.4 is 10.2 Å². The molecule has 2 fully saturated rings. The van der Waals surface area contributed by atoms with Gasteiger partial charge in [-0.25, -0.2) is 9.97 Å². The fourth-order valence-electron chi connectivity index (χ4n) is 4.24. The quantitative estimate of drug-likeness (QED) is 0.664. The Labute approximate surface area is 181 Å². The maximum absolute atomic E-state index is 13.2. The highest BCUT2D eigenvalue weighted by molar-refractivity contribution is 6.15. The molecule has 4 heterocycles. The number of hydrogen-bond acceptors (Lipinski definition) is 7. The molecule has 0 spiro atoms. The van der Waals surface area contributed by atoms with Gasteiger partial charge in [0, 0.05) is 37.4 Å². The molecule has 8 nitrogen and oxygen atoms in total. The van der Waals surface area contributed by atoms with Crippen molar-refractivity contribution in [1.82, 2.24) is 15.0 Å². The summed E-state index contributed by atoms with van der Waals surface area (Å²) in [4.78, 5) is 28.7. The highest BCUT2D eigenvalue weighted by atomic mass is 16.5. The number of hydrogen-bond donors (Lipinski definition) is 1. The van der Waals surface area contributed by atoms with Crippen molar-refractivity contribution in [2.45, 2.75) is 51.0 Å². The van der Waals surface area contributed by atoms with Gasteiger partial charge in [0.25, 0.3) is 5.91 Å². The second-order valence-corrected chi connectivity index (χ2v) is 8.78. The number of anilines is 2. The molecule has 5 rings (SSSR count).